The van der Waals surface area contributed by atoms with E-state index in [1.54, 1.807) is 0 Å². The van der Waals surface area contributed by atoms with Crippen molar-refractivity contribution in [3.05, 3.63) is 0 Å². The summed E-state index contributed by atoms with van der Waals surface area (Å²) in [5, 5.41) is 18.4. The minimum atomic E-state index is -1.87. The third-order valence-electron chi connectivity index (χ3n) is 2.11. The molecule has 0 radical (unpaired) electrons. The van der Waals surface area contributed by atoms with E-state index in [9.17, 15) is 10.2 Å². The molecule has 0 aromatic carbocycles. The Morgan fingerprint density at radius 3 is 1.73 bits per heavy atom. The van der Waals surface area contributed by atoms with Gasteiger partial charge in [-0.25, -0.2) is 0 Å². The molecule has 5 heteroatoms. The third kappa shape index (κ3) is 2.23. The maximum Gasteiger partial charge on any atom is 0.194 e. The molecule has 1 aliphatic rings. The molecule has 0 unspecified atom stereocenters. The Labute approximate surface area is 80.2 Å². The van der Waals surface area contributed by atoms with Gasteiger partial charge in [-0.15, -0.1) is 0 Å². The van der Waals surface area contributed by atoms with Gasteiger partial charge >= 0.3 is 0 Å². The molecule has 1 rings (SSSR count). The molecule has 1 aliphatic carbocycles. The van der Waals surface area contributed by atoms with Crippen molar-refractivity contribution in [3.8, 4) is 0 Å². The molecule has 0 saturated heterocycles. The van der Waals surface area contributed by atoms with Crippen LogP contribution in [-0.4, -0.2) is 21.7 Å². The summed E-state index contributed by atoms with van der Waals surface area (Å²) in [5.41, 5.74) is 9.55. The fourth-order valence-electron chi connectivity index (χ4n) is 1.22. The maximum absolute atomic E-state index is 9.21. The largest absolute Gasteiger partial charge is 0.363 e. The molecule has 0 aliphatic heterocycles. The first kappa shape index (κ1) is 11.5. The van der Waals surface area contributed by atoms with Crippen molar-refractivity contribution in [2.45, 2.75) is 37.1 Å². The Hall–Kier alpha value is 0.528. The molecule has 4 nitrogen and oxygen atoms in total. The van der Waals surface area contributed by atoms with Gasteiger partial charge < -0.3 is 21.7 Å². The molecule has 1 saturated carbocycles. The molecule has 11 heavy (non-hydrogen) atoms. The zero-order chi connectivity index (χ0) is 7.83. The molecule has 1 fully saturated rings. The average molecular weight is 341 g/mol. The molecule has 0 atom stereocenters. The van der Waals surface area contributed by atoms with Gasteiger partial charge in [-0.2, -0.15) is 0 Å². The van der Waals surface area contributed by atoms with E-state index in [-0.39, 0.29) is 27.5 Å². The van der Waals surface area contributed by atoms with Crippen LogP contribution < -0.4 is 11.5 Å². The van der Waals surface area contributed by atoms with Crippen LogP contribution in [0, 0.1) is 0 Å². The van der Waals surface area contributed by atoms with E-state index in [0.717, 1.165) is 12.8 Å². The Balaban J connectivity index is 0.000001000. The van der Waals surface area contributed by atoms with Gasteiger partial charge in [0.1, 0.15) is 5.66 Å². The molecule has 0 aromatic heterocycles. The second kappa shape index (κ2) is 3.50. The topological polar surface area (TPSA) is 92.5 Å². The van der Waals surface area contributed by atoms with Crippen molar-refractivity contribution in [1.82, 2.24) is 0 Å². The first-order valence-corrected chi connectivity index (χ1v) is 3.48. The van der Waals surface area contributed by atoms with Gasteiger partial charge in [0, 0.05) is 27.5 Å². The van der Waals surface area contributed by atoms with Gasteiger partial charge in [0.05, 0.1) is 0 Å². The van der Waals surface area contributed by atoms with Gasteiger partial charge in [-0.3, -0.25) is 0 Å². The number of hydrogen-bond donors (Lipinski definition) is 4. The van der Waals surface area contributed by atoms with Crippen molar-refractivity contribution >= 4 is 0 Å². The monoisotopic (exact) mass is 341 g/mol. The van der Waals surface area contributed by atoms with E-state index in [1.807, 2.05) is 0 Å². The molecule has 0 aromatic rings. The number of rotatable bonds is 0. The summed E-state index contributed by atoms with van der Waals surface area (Å²) < 4.78 is 0. The van der Waals surface area contributed by atoms with E-state index in [2.05, 4.69) is 0 Å². The summed E-state index contributed by atoms with van der Waals surface area (Å²) in [6, 6.07) is 0. The van der Waals surface area contributed by atoms with Crippen LogP contribution >= 0.6 is 0 Å². The van der Waals surface area contributed by atoms with Gasteiger partial charge in [0.25, 0.3) is 0 Å². The fourth-order valence-corrected chi connectivity index (χ4v) is 1.22. The van der Waals surface area contributed by atoms with Crippen LogP contribution in [0.1, 0.15) is 25.7 Å². The predicted octanol–water partition coefficient (Wildman–Crippen LogP) is -1.15. The van der Waals surface area contributed by atoms with Gasteiger partial charge in [0.15, 0.2) is 5.79 Å². The minimum Gasteiger partial charge on any atom is -0.363 e. The van der Waals surface area contributed by atoms with Crippen molar-refractivity contribution in [2.24, 2.45) is 11.5 Å². The molecule has 0 heterocycles. The van der Waals surface area contributed by atoms with Crippen molar-refractivity contribution in [1.29, 1.82) is 0 Å². The number of nitrogens with two attached hydrogens (primary N) is 2. The van der Waals surface area contributed by atoms with Gasteiger partial charge in [-0.05, 0) is 19.3 Å². The second-order valence-corrected chi connectivity index (χ2v) is 3.06. The number of aliphatic hydroxyl groups is 2. The first-order chi connectivity index (χ1) is 4.46. The quantitative estimate of drug-likeness (QED) is 0.419. The molecule has 6 N–H and O–H groups in total. The third-order valence-corrected chi connectivity index (χ3v) is 2.11. The van der Waals surface area contributed by atoms with E-state index in [1.165, 1.54) is 0 Å². The average Bonchev–Trinajstić information content (AvgIpc) is 1.77. The SMILES string of the molecule is NC1(N)CCCCC1(O)O.[Pt]. The van der Waals surface area contributed by atoms with Crippen LogP contribution in [0.4, 0.5) is 0 Å². The maximum atomic E-state index is 9.21. The normalized spacial score (nSPS) is 27.3. The van der Waals surface area contributed by atoms with E-state index < -0.39 is 11.4 Å². The van der Waals surface area contributed by atoms with Gasteiger partial charge in [-0.1, -0.05) is 0 Å². The molecular formula is C6H14N2O2Pt. The standard InChI is InChI=1S/C6H14N2O2.Pt/c7-5(8)3-1-2-4-6(5,9)10;/h9-10H,1-4,7-8H2;. The molecule has 0 amide bonds. The summed E-state index contributed by atoms with van der Waals surface area (Å²) >= 11 is 0. The summed E-state index contributed by atoms with van der Waals surface area (Å²) in [6.45, 7) is 0. The van der Waals surface area contributed by atoms with Crippen LogP contribution in [-0.2, 0) is 21.1 Å². The summed E-state index contributed by atoms with van der Waals surface area (Å²) in [5.74, 6) is -1.87. The Kier molecular flexibility index (Phi) is 3.67. The van der Waals surface area contributed by atoms with Crippen LogP contribution in [0.15, 0.2) is 0 Å². The smallest absolute Gasteiger partial charge is 0.194 e. The Bertz CT molecular complexity index is 123. The van der Waals surface area contributed by atoms with Crippen molar-refractivity contribution in [2.75, 3.05) is 0 Å². The Morgan fingerprint density at radius 1 is 1.00 bits per heavy atom. The molecular weight excluding hydrogens is 327 g/mol. The van der Waals surface area contributed by atoms with Crippen LogP contribution in [0.3, 0.4) is 0 Å². The van der Waals surface area contributed by atoms with Gasteiger partial charge in [0.2, 0.25) is 0 Å². The zero-order valence-corrected chi connectivity index (χ0v) is 8.47. The first-order valence-electron chi connectivity index (χ1n) is 3.48. The van der Waals surface area contributed by atoms with E-state index in [4.69, 9.17) is 11.5 Å². The summed E-state index contributed by atoms with van der Waals surface area (Å²) in [4.78, 5) is 0. The van der Waals surface area contributed by atoms with Crippen LogP contribution in [0.2, 0.25) is 0 Å². The molecule has 0 spiro atoms. The van der Waals surface area contributed by atoms with E-state index >= 15 is 0 Å². The Morgan fingerprint density at radius 2 is 1.45 bits per heavy atom. The summed E-state index contributed by atoms with van der Waals surface area (Å²) in [6.07, 6.45) is 2.40. The second-order valence-electron chi connectivity index (χ2n) is 3.06. The zero-order valence-electron chi connectivity index (χ0n) is 6.19. The molecule has 70 valence electrons. The predicted molar refractivity (Wildman–Crippen MR) is 36.7 cm³/mol. The van der Waals surface area contributed by atoms with Crippen LogP contribution in [0.5, 0.6) is 0 Å². The van der Waals surface area contributed by atoms with Crippen molar-refractivity contribution < 1.29 is 31.3 Å². The summed E-state index contributed by atoms with van der Waals surface area (Å²) in [7, 11) is 0. The van der Waals surface area contributed by atoms with Crippen molar-refractivity contribution in [3.63, 3.8) is 0 Å². The number of hydrogen-bond acceptors (Lipinski definition) is 4. The van der Waals surface area contributed by atoms with Crippen LogP contribution in [0.25, 0.3) is 0 Å². The minimum absolute atomic E-state index is 0. The van der Waals surface area contributed by atoms with E-state index in [0.29, 0.717) is 6.42 Å². The fraction of sp³-hybridized carbons (Fsp3) is 1.00. The molecule has 0 bridgehead atoms.